The third-order valence-corrected chi connectivity index (χ3v) is 5.59. The fourth-order valence-corrected chi connectivity index (χ4v) is 3.78. The van der Waals surface area contributed by atoms with E-state index in [4.69, 9.17) is 5.73 Å². The monoisotopic (exact) mass is 297 g/mol. The maximum absolute atomic E-state index is 6.54. The molecule has 0 aromatic heterocycles. The quantitative estimate of drug-likeness (QED) is 0.709. The molecular formula is C18H39N3. The van der Waals surface area contributed by atoms with Crippen molar-refractivity contribution in [1.82, 2.24) is 9.80 Å². The SMILES string of the molecule is CCN(CC)CCCN(CC)CC1CCCC(C)(C)C1N. The Balaban J connectivity index is 2.39. The summed E-state index contributed by atoms with van der Waals surface area (Å²) in [6.45, 7) is 18.6. The van der Waals surface area contributed by atoms with Crippen LogP contribution in [0.2, 0.25) is 0 Å². The number of hydrogen-bond acceptors (Lipinski definition) is 3. The number of nitrogens with two attached hydrogens (primary N) is 1. The van der Waals surface area contributed by atoms with Crippen molar-refractivity contribution in [2.45, 2.75) is 66.3 Å². The van der Waals surface area contributed by atoms with Crippen LogP contribution in [0.3, 0.4) is 0 Å². The molecule has 1 aliphatic rings. The molecule has 3 nitrogen and oxygen atoms in total. The maximum atomic E-state index is 6.54. The molecule has 0 spiro atoms. The van der Waals surface area contributed by atoms with E-state index < -0.39 is 0 Å². The number of nitrogens with zero attached hydrogens (tertiary/aromatic N) is 2. The summed E-state index contributed by atoms with van der Waals surface area (Å²) < 4.78 is 0. The zero-order chi connectivity index (χ0) is 15.9. The highest BCUT2D eigenvalue weighted by molar-refractivity contribution is 4.92. The molecule has 0 radical (unpaired) electrons. The molecule has 0 aromatic rings. The van der Waals surface area contributed by atoms with Crippen molar-refractivity contribution < 1.29 is 0 Å². The van der Waals surface area contributed by atoms with Crippen molar-refractivity contribution in [2.75, 3.05) is 39.3 Å². The Morgan fingerprint density at radius 3 is 2.14 bits per heavy atom. The van der Waals surface area contributed by atoms with Crippen molar-refractivity contribution in [3.8, 4) is 0 Å². The third-order valence-electron chi connectivity index (χ3n) is 5.59. The van der Waals surface area contributed by atoms with Gasteiger partial charge in [-0.25, -0.2) is 0 Å². The molecule has 2 atom stereocenters. The minimum absolute atomic E-state index is 0.323. The second kappa shape index (κ2) is 9.12. The zero-order valence-corrected chi connectivity index (χ0v) is 15.2. The Labute approximate surface area is 133 Å². The molecule has 0 bridgehead atoms. The van der Waals surface area contributed by atoms with Gasteiger partial charge >= 0.3 is 0 Å². The van der Waals surface area contributed by atoms with Crippen LogP contribution >= 0.6 is 0 Å². The molecule has 0 aromatic carbocycles. The van der Waals surface area contributed by atoms with E-state index in [0.29, 0.717) is 17.4 Å². The first-order valence-corrected chi connectivity index (χ1v) is 9.14. The van der Waals surface area contributed by atoms with Gasteiger partial charge in [-0.15, -0.1) is 0 Å². The van der Waals surface area contributed by atoms with Crippen LogP contribution in [0.1, 0.15) is 60.3 Å². The summed E-state index contributed by atoms with van der Waals surface area (Å²) in [5.41, 5.74) is 6.87. The summed E-state index contributed by atoms with van der Waals surface area (Å²) in [6.07, 6.45) is 5.24. The molecule has 1 fully saturated rings. The van der Waals surface area contributed by atoms with Gasteiger partial charge in [-0.1, -0.05) is 41.0 Å². The van der Waals surface area contributed by atoms with Gasteiger partial charge in [0.2, 0.25) is 0 Å². The molecule has 0 heterocycles. The van der Waals surface area contributed by atoms with E-state index in [0.717, 1.165) is 6.54 Å². The zero-order valence-electron chi connectivity index (χ0n) is 15.2. The molecule has 1 rings (SSSR count). The molecule has 0 amide bonds. The Kier molecular flexibility index (Phi) is 8.22. The molecule has 126 valence electrons. The number of rotatable bonds is 9. The normalized spacial score (nSPS) is 25.7. The van der Waals surface area contributed by atoms with Crippen LogP contribution in [0.15, 0.2) is 0 Å². The number of hydrogen-bond donors (Lipinski definition) is 1. The fraction of sp³-hybridized carbons (Fsp3) is 1.00. The summed E-state index contributed by atoms with van der Waals surface area (Å²) in [7, 11) is 0. The van der Waals surface area contributed by atoms with Crippen molar-refractivity contribution in [3.05, 3.63) is 0 Å². The topological polar surface area (TPSA) is 32.5 Å². The van der Waals surface area contributed by atoms with Gasteiger partial charge in [0.15, 0.2) is 0 Å². The predicted molar refractivity (Wildman–Crippen MR) is 93.6 cm³/mol. The van der Waals surface area contributed by atoms with Crippen LogP contribution in [0.5, 0.6) is 0 Å². The van der Waals surface area contributed by atoms with E-state index in [1.165, 1.54) is 58.4 Å². The van der Waals surface area contributed by atoms with Crippen LogP contribution < -0.4 is 5.73 Å². The van der Waals surface area contributed by atoms with Crippen molar-refractivity contribution in [3.63, 3.8) is 0 Å². The summed E-state index contributed by atoms with van der Waals surface area (Å²) in [4.78, 5) is 5.14. The molecule has 2 unspecified atom stereocenters. The Bertz CT molecular complexity index is 274. The van der Waals surface area contributed by atoms with E-state index >= 15 is 0 Å². The summed E-state index contributed by atoms with van der Waals surface area (Å²) in [5, 5.41) is 0. The second-order valence-electron chi connectivity index (χ2n) is 7.44. The van der Waals surface area contributed by atoms with Crippen molar-refractivity contribution in [1.29, 1.82) is 0 Å². The standard InChI is InChI=1S/C18H39N3/c1-6-20(7-2)13-10-14-21(8-3)15-16-11-9-12-18(4,5)17(16)19/h16-17H,6-15,19H2,1-5H3. The Morgan fingerprint density at radius 1 is 1.00 bits per heavy atom. The molecule has 1 saturated carbocycles. The average molecular weight is 298 g/mol. The molecule has 3 heteroatoms. The Morgan fingerprint density at radius 2 is 1.57 bits per heavy atom. The highest BCUT2D eigenvalue weighted by Crippen LogP contribution is 2.37. The lowest BCUT2D eigenvalue weighted by Crippen LogP contribution is -2.50. The van der Waals surface area contributed by atoms with Crippen LogP contribution in [0.4, 0.5) is 0 Å². The maximum Gasteiger partial charge on any atom is 0.0131 e. The highest BCUT2D eigenvalue weighted by Gasteiger charge is 2.36. The first-order valence-electron chi connectivity index (χ1n) is 9.14. The van der Waals surface area contributed by atoms with Crippen LogP contribution in [-0.2, 0) is 0 Å². The van der Waals surface area contributed by atoms with Gasteiger partial charge in [-0.05, 0) is 63.3 Å². The molecule has 2 N–H and O–H groups in total. The molecule has 21 heavy (non-hydrogen) atoms. The summed E-state index contributed by atoms with van der Waals surface area (Å²) in [5.74, 6) is 0.683. The van der Waals surface area contributed by atoms with Gasteiger partial charge in [0.1, 0.15) is 0 Å². The first-order chi connectivity index (χ1) is 9.94. The van der Waals surface area contributed by atoms with Crippen LogP contribution in [0.25, 0.3) is 0 Å². The van der Waals surface area contributed by atoms with Gasteiger partial charge in [-0.3, -0.25) is 0 Å². The van der Waals surface area contributed by atoms with E-state index in [2.05, 4.69) is 44.4 Å². The van der Waals surface area contributed by atoms with Gasteiger partial charge in [0, 0.05) is 12.6 Å². The predicted octanol–water partition coefficient (Wildman–Crippen LogP) is 3.19. The third kappa shape index (κ3) is 5.88. The molecule has 0 saturated heterocycles. The lowest BCUT2D eigenvalue weighted by atomic mass is 9.68. The molecule has 1 aliphatic carbocycles. The van der Waals surface area contributed by atoms with Crippen molar-refractivity contribution >= 4 is 0 Å². The minimum Gasteiger partial charge on any atom is -0.327 e. The minimum atomic E-state index is 0.323. The van der Waals surface area contributed by atoms with E-state index in [1.807, 2.05) is 0 Å². The lowest BCUT2D eigenvalue weighted by molar-refractivity contribution is 0.102. The summed E-state index contributed by atoms with van der Waals surface area (Å²) in [6, 6.07) is 0.364. The van der Waals surface area contributed by atoms with Crippen LogP contribution in [0, 0.1) is 11.3 Å². The van der Waals surface area contributed by atoms with Gasteiger partial charge < -0.3 is 15.5 Å². The van der Waals surface area contributed by atoms with E-state index in [-0.39, 0.29) is 0 Å². The first kappa shape index (κ1) is 18.9. The molecule has 0 aliphatic heterocycles. The molecular weight excluding hydrogens is 258 g/mol. The largest absolute Gasteiger partial charge is 0.327 e. The van der Waals surface area contributed by atoms with Gasteiger partial charge in [-0.2, -0.15) is 0 Å². The average Bonchev–Trinajstić information content (AvgIpc) is 2.46. The Hall–Kier alpha value is -0.120. The lowest BCUT2D eigenvalue weighted by Gasteiger charge is -2.43. The highest BCUT2D eigenvalue weighted by atomic mass is 15.1. The smallest absolute Gasteiger partial charge is 0.0131 e. The summed E-state index contributed by atoms with van der Waals surface area (Å²) >= 11 is 0. The van der Waals surface area contributed by atoms with Gasteiger partial charge in [0.25, 0.3) is 0 Å². The van der Waals surface area contributed by atoms with E-state index in [1.54, 1.807) is 0 Å². The second-order valence-corrected chi connectivity index (χ2v) is 7.44. The fourth-order valence-electron chi connectivity index (χ4n) is 3.78. The van der Waals surface area contributed by atoms with Crippen molar-refractivity contribution in [2.24, 2.45) is 17.1 Å². The van der Waals surface area contributed by atoms with Crippen LogP contribution in [-0.4, -0.2) is 55.1 Å². The van der Waals surface area contributed by atoms with E-state index in [9.17, 15) is 0 Å². The van der Waals surface area contributed by atoms with Gasteiger partial charge in [0.05, 0.1) is 0 Å².